The minimum atomic E-state index is -0.651. The van der Waals surface area contributed by atoms with E-state index in [1.807, 2.05) is 0 Å². The molecule has 120 valence electrons. The number of rotatable bonds is 7. The molecule has 0 bridgehead atoms. The lowest BCUT2D eigenvalue weighted by molar-refractivity contribution is -0.146. The highest BCUT2D eigenvalue weighted by Gasteiger charge is 2.21. The average molecular weight is 328 g/mol. The lowest BCUT2D eigenvalue weighted by atomic mass is 10.3. The number of hydrogen-bond donors (Lipinski definition) is 2. The van der Waals surface area contributed by atoms with Crippen LogP contribution in [0.25, 0.3) is 0 Å². The number of alkyl halides is 1. The number of esters is 1. The van der Waals surface area contributed by atoms with E-state index < -0.39 is 24.2 Å². The fraction of sp³-hybridized carbons (Fsp3) is 0.357. The van der Waals surface area contributed by atoms with Gasteiger partial charge in [0.05, 0.1) is 24.8 Å². The SMILES string of the molecule is CCOC(=O)CC(=O)N(NC(=O)CNCCl)c1ccccc1. The number of benzene rings is 1. The van der Waals surface area contributed by atoms with Crippen LogP contribution in [-0.4, -0.2) is 36.9 Å². The van der Waals surface area contributed by atoms with Crippen molar-refractivity contribution < 1.29 is 19.1 Å². The summed E-state index contributed by atoms with van der Waals surface area (Å²) in [5.41, 5.74) is 2.87. The van der Waals surface area contributed by atoms with E-state index in [0.717, 1.165) is 5.01 Å². The molecular formula is C14H18ClN3O4. The first-order valence-corrected chi connectivity index (χ1v) is 7.21. The Labute approximate surface area is 133 Å². The zero-order valence-electron chi connectivity index (χ0n) is 12.2. The van der Waals surface area contributed by atoms with Crippen LogP contribution in [0, 0.1) is 0 Å². The molecule has 0 atom stereocenters. The standard InChI is InChI=1S/C14H18ClN3O4/c1-2-22-14(21)8-13(20)18(11-6-4-3-5-7-11)17-12(19)9-16-10-15/h3-7,16H,2,8-10H2,1H3,(H,17,19). The van der Waals surface area contributed by atoms with Crippen LogP contribution in [0.5, 0.6) is 0 Å². The maximum Gasteiger partial charge on any atom is 0.315 e. The predicted molar refractivity (Wildman–Crippen MR) is 82.0 cm³/mol. The van der Waals surface area contributed by atoms with Crippen molar-refractivity contribution in [2.24, 2.45) is 0 Å². The molecule has 0 saturated carbocycles. The summed E-state index contributed by atoms with van der Waals surface area (Å²) in [6, 6.07) is 8.58. The van der Waals surface area contributed by atoms with Gasteiger partial charge in [-0.25, -0.2) is 5.01 Å². The van der Waals surface area contributed by atoms with Gasteiger partial charge in [0.1, 0.15) is 6.42 Å². The molecule has 0 fully saturated rings. The van der Waals surface area contributed by atoms with Crippen molar-refractivity contribution in [1.29, 1.82) is 0 Å². The second kappa shape index (κ2) is 9.75. The number of halogens is 1. The Kier molecular flexibility index (Phi) is 7.95. The van der Waals surface area contributed by atoms with Crippen LogP contribution in [0.1, 0.15) is 13.3 Å². The van der Waals surface area contributed by atoms with Crippen LogP contribution in [-0.2, 0) is 19.1 Å². The third-order valence-corrected chi connectivity index (χ3v) is 2.67. The van der Waals surface area contributed by atoms with Gasteiger partial charge in [-0.2, -0.15) is 0 Å². The van der Waals surface area contributed by atoms with E-state index in [-0.39, 0.29) is 19.2 Å². The number of anilines is 1. The maximum atomic E-state index is 12.2. The topological polar surface area (TPSA) is 87.7 Å². The van der Waals surface area contributed by atoms with Gasteiger partial charge in [-0.1, -0.05) is 18.2 Å². The van der Waals surface area contributed by atoms with Gasteiger partial charge in [0.15, 0.2) is 0 Å². The molecule has 0 aliphatic carbocycles. The maximum absolute atomic E-state index is 12.2. The molecular weight excluding hydrogens is 310 g/mol. The quantitative estimate of drug-likeness (QED) is 0.254. The zero-order valence-corrected chi connectivity index (χ0v) is 12.9. The number of hydrogen-bond acceptors (Lipinski definition) is 5. The van der Waals surface area contributed by atoms with Gasteiger partial charge in [-0.05, 0) is 19.1 Å². The second-order valence-corrected chi connectivity index (χ2v) is 4.41. The molecule has 0 aliphatic heterocycles. The molecule has 0 unspecified atom stereocenters. The number of nitrogens with zero attached hydrogens (tertiary/aromatic N) is 1. The molecule has 1 aromatic rings. The van der Waals surface area contributed by atoms with Crippen molar-refractivity contribution in [3.63, 3.8) is 0 Å². The highest BCUT2D eigenvalue weighted by Crippen LogP contribution is 2.12. The van der Waals surface area contributed by atoms with Crippen molar-refractivity contribution in [3.8, 4) is 0 Å². The van der Waals surface area contributed by atoms with E-state index in [4.69, 9.17) is 16.3 Å². The first kappa shape index (κ1) is 17.9. The summed E-state index contributed by atoms with van der Waals surface area (Å²) in [6.07, 6.45) is -0.466. The molecule has 0 heterocycles. The number of amides is 2. The van der Waals surface area contributed by atoms with Crippen LogP contribution >= 0.6 is 11.6 Å². The molecule has 2 N–H and O–H groups in total. The van der Waals surface area contributed by atoms with Crippen LogP contribution in [0.15, 0.2) is 30.3 Å². The molecule has 0 saturated heterocycles. The minimum Gasteiger partial charge on any atom is -0.466 e. The van der Waals surface area contributed by atoms with Crippen LogP contribution in [0.3, 0.4) is 0 Å². The smallest absolute Gasteiger partial charge is 0.315 e. The first-order chi connectivity index (χ1) is 10.6. The summed E-state index contributed by atoms with van der Waals surface area (Å²) < 4.78 is 4.74. The van der Waals surface area contributed by atoms with E-state index in [1.165, 1.54) is 0 Å². The lowest BCUT2D eigenvalue weighted by Gasteiger charge is -2.23. The van der Waals surface area contributed by atoms with Crippen molar-refractivity contribution in [1.82, 2.24) is 10.7 Å². The third-order valence-electron chi connectivity index (χ3n) is 2.48. The summed E-state index contributed by atoms with van der Waals surface area (Å²) in [7, 11) is 0. The van der Waals surface area contributed by atoms with Crippen LogP contribution in [0.4, 0.5) is 5.69 Å². The van der Waals surface area contributed by atoms with E-state index in [0.29, 0.717) is 5.69 Å². The highest BCUT2D eigenvalue weighted by atomic mass is 35.5. The van der Waals surface area contributed by atoms with Crippen molar-refractivity contribution in [2.75, 3.05) is 24.2 Å². The summed E-state index contributed by atoms with van der Waals surface area (Å²) in [4.78, 5) is 35.4. The average Bonchev–Trinajstić information content (AvgIpc) is 2.51. The molecule has 1 rings (SSSR count). The van der Waals surface area contributed by atoms with Gasteiger partial charge in [-0.15, -0.1) is 11.6 Å². The zero-order chi connectivity index (χ0) is 16.4. The molecule has 8 heteroatoms. The Morgan fingerprint density at radius 3 is 2.50 bits per heavy atom. The summed E-state index contributed by atoms with van der Waals surface area (Å²) in [5, 5.41) is 3.65. The Bertz CT molecular complexity index is 510. The van der Waals surface area contributed by atoms with Gasteiger partial charge < -0.3 is 4.74 Å². The molecule has 0 aliphatic rings. The van der Waals surface area contributed by atoms with Gasteiger partial charge in [0, 0.05) is 0 Å². The number of nitrogens with one attached hydrogen (secondary N) is 2. The van der Waals surface area contributed by atoms with Gasteiger partial charge in [-0.3, -0.25) is 25.1 Å². The summed E-state index contributed by atoms with van der Waals surface area (Å²) in [6.45, 7) is 1.78. The minimum absolute atomic E-state index is 0.0560. The number of hydrazine groups is 1. The molecule has 0 radical (unpaired) electrons. The molecule has 1 aromatic carbocycles. The Morgan fingerprint density at radius 2 is 1.91 bits per heavy atom. The Balaban J connectivity index is 2.80. The summed E-state index contributed by atoms with van der Waals surface area (Å²) >= 11 is 5.43. The molecule has 7 nitrogen and oxygen atoms in total. The number of carbonyl (C=O) groups is 3. The van der Waals surface area contributed by atoms with E-state index in [1.54, 1.807) is 37.3 Å². The fourth-order valence-electron chi connectivity index (χ4n) is 1.59. The fourth-order valence-corrected chi connectivity index (χ4v) is 1.68. The molecule has 0 aromatic heterocycles. The van der Waals surface area contributed by atoms with Gasteiger partial charge in [0.25, 0.3) is 11.8 Å². The first-order valence-electron chi connectivity index (χ1n) is 6.68. The molecule has 0 spiro atoms. The van der Waals surface area contributed by atoms with E-state index >= 15 is 0 Å². The summed E-state index contributed by atoms with van der Waals surface area (Å²) in [5.74, 6) is -1.70. The van der Waals surface area contributed by atoms with E-state index in [9.17, 15) is 14.4 Å². The van der Waals surface area contributed by atoms with Crippen LogP contribution in [0.2, 0.25) is 0 Å². The lowest BCUT2D eigenvalue weighted by Crippen LogP contribution is -2.49. The number of ether oxygens (including phenoxy) is 1. The van der Waals surface area contributed by atoms with Crippen molar-refractivity contribution >= 4 is 35.1 Å². The largest absolute Gasteiger partial charge is 0.466 e. The van der Waals surface area contributed by atoms with Crippen LogP contribution < -0.4 is 15.8 Å². The normalized spacial score (nSPS) is 9.91. The van der Waals surface area contributed by atoms with Crippen molar-refractivity contribution in [2.45, 2.75) is 13.3 Å². The molecule has 22 heavy (non-hydrogen) atoms. The van der Waals surface area contributed by atoms with Crippen molar-refractivity contribution in [3.05, 3.63) is 30.3 Å². The Morgan fingerprint density at radius 1 is 1.23 bits per heavy atom. The predicted octanol–water partition coefficient (Wildman–Crippen LogP) is 0.790. The Hall–Kier alpha value is -2.12. The third kappa shape index (κ3) is 6.11. The monoisotopic (exact) mass is 327 g/mol. The molecule has 2 amide bonds. The highest BCUT2D eigenvalue weighted by molar-refractivity contribution is 6.17. The van der Waals surface area contributed by atoms with E-state index in [2.05, 4.69) is 10.7 Å². The van der Waals surface area contributed by atoms with Gasteiger partial charge >= 0.3 is 5.97 Å². The number of carbonyl (C=O) groups excluding carboxylic acids is 3. The van der Waals surface area contributed by atoms with Gasteiger partial charge in [0.2, 0.25) is 0 Å². The number of para-hydroxylation sites is 1. The second-order valence-electron chi connectivity index (χ2n) is 4.14.